The number of rotatable bonds is 2. The maximum absolute atomic E-state index is 5.80. The highest BCUT2D eigenvalue weighted by atomic mass is 35.5. The van der Waals surface area contributed by atoms with E-state index >= 15 is 0 Å². The van der Waals surface area contributed by atoms with E-state index < -0.39 is 0 Å². The van der Waals surface area contributed by atoms with E-state index in [0.29, 0.717) is 22.2 Å². The molecule has 6 heteroatoms. The molecule has 2 N–H and O–H groups in total. The van der Waals surface area contributed by atoms with Crippen LogP contribution in [-0.2, 0) is 0 Å². The van der Waals surface area contributed by atoms with Crippen LogP contribution in [0.5, 0.6) is 5.88 Å². The van der Waals surface area contributed by atoms with Gasteiger partial charge in [0.15, 0.2) is 5.22 Å². The van der Waals surface area contributed by atoms with Crippen LogP contribution in [-0.4, -0.2) is 17.3 Å². The highest BCUT2D eigenvalue weighted by Gasteiger charge is 2.12. The monoisotopic (exact) mass is 225 g/mol. The molecule has 2 rings (SSSR count). The molecule has 0 aliphatic carbocycles. The van der Waals surface area contributed by atoms with Crippen LogP contribution in [0.3, 0.4) is 0 Å². The van der Waals surface area contributed by atoms with Crippen molar-refractivity contribution in [3.63, 3.8) is 0 Å². The van der Waals surface area contributed by atoms with E-state index in [-0.39, 0.29) is 5.88 Å². The van der Waals surface area contributed by atoms with Crippen LogP contribution in [0.1, 0.15) is 0 Å². The Morgan fingerprint density at radius 2 is 2.27 bits per heavy atom. The highest BCUT2D eigenvalue weighted by Crippen LogP contribution is 2.32. The second-order valence-electron chi connectivity index (χ2n) is 2.78. The van der Waals surface area contributed by atoms with E-state index in [1.807, 2.05) is 0 Å². The van der Waals surface area contributed by atoms with Gasteiger partial charge < -0.3 is 14.9 Å². The quantitative estimate of drug-likeness (QED) is 0.846. The molecule has 0 fully saturated rings. The first-order chi connectivity index (χ1) is 7.22. The third kappa shape index (κ3) is 1.73. The summed E-state index contributed by atoms with van der Waals surface area (Å²) in [5.41, 5.74) is 6.78. The molecule has 15 heavy (non-hydrogen) atoms. The summed E-state index contributed by atoms with van der Waals surface area (Å²) in [7, 11) is 1.47. The number of nitrogens with two attached hydrogens (primary N) is 1. The molecule has 78 valence electrons. The molecule has 0 bridgehead atoms. The molecule has 0 saturated carbocycles. The highest BCUT2D eigenvalue weighted by molar-refractivity contribution is 6.29. The minimum absolute atomic E-state index is 0.264. The predicted octanol–water partition coefficient (Wildman–Crippen LogP) is 1.98. The summed E-state index contributed by atoms with van der Waals surface area (Å²) in [6.07, 6.45) is 1.49. The lowest BCUT2D eigenvalue weighted by Crippen LogP contribution is -1.99. The lowest BCUT2D eigenvalue weighted by atomic mass is 10.2. The van der Waals surface area contributed by atoms with Crippen LogP contribution in [0, 0.1) is 0 Å². The summed E-state index contributed by atoms with van der Waals surface area (Å²) >= 11 is 5.66. The summed E-state index contributed by atoms with van der Waals surface area (Å²) in [6.45, 7) is 0. The van der Waals surface area contributed by atoms with Crippen molar-refractivity contribution in [1.29, 1.82) is 0 Å². The van der Waals surface area contributed by atoms with Crippen LogP contribution in [0.15, 0.2) is 22.7 Å². The van der Waals surface area contributed by atoms with E-state index in [0.717, 1.165) is 0 Å². The fraction of sp³-hybridized carbons (Fsp3) is 0.111. The average molecular weight is 226 g/mol. The maximum atomic E-state index is 5.80. The number of halogens is 1. The Kier molecular flexibility index (Phi) is 2.47. The molecule has 0 amide bonds. The number of ether oxygens (including phenoxy) is 1. The predicted molar refractivity (Wildman–Crippen MR) is 55.7 cm³/mol. The number of hydrogen-bond acceptors (Lipinski definition) is 5. The second-order valence-corrected chi connectivity index (χ2v) is 3.16. The largest absolute Gasteiger partial charge is 0.478 e. The van der Waals surface area contributed by atoms with Crippen molar-refractivity contribution < 1.29 is 9.15 Å². The Balaban J connectivity index is 2.53. The van der Waals surface area contributed by atoms with Crippen molar-refractivity contribution >= 4 is 17.3 Å². The Labute approximate surface area is 90.8 Å². The van der Waals surface area contributed by atoms with Crippen molar-refractivity contribution in [2.75, 3.05) is 12.8 Å². The maximum Gasteiger partial charge on any atom is 0.257 e. The van der Waals surface area contributed by atoms with Crippen LogP contribution < -0.4 is 10.5 Å². The molecular formula is C9H8ClN3O2. The molecule has 0 saturated heterocycles. The summed E-state index contributed by atoms with van der Waals surface area (Å²) in [5.74, 6) is 0.797. The van der Waals surface area contributed by atoms with Gasteiger partial charge >= 0.3 is 0 Å². The number of methoxy groups -OCH3 is 1. The molecule has 2 heterocycles. The topological polar surface area (TPSA) is 74.2 Å². The van der Waals surface area contributed by atoms with Crippen molar-refractivity contribution in [2.45, 2.75) is 0 Å². The molecule has 0 aliphatic heterocycles. The zero-order valence-electron chi connectivity index (χ0n) is 7.90. The number of anilines is 1. The molecule has 0 radical (unpaired) electrons. The van der Waals surface area contributed by atoms with Gasteiger partial charge in [0.25, 0.3) is 5.88 Å². The summed E-state index contributed by atoms with van der Waals surface area (Å²) in [6, 6.07) is 3.33. The van der Waals surface area contributed by atoms with E-state index in [4.69, 9.17) is 26.5 Å². The molecule has 5 nitrogen and oxygen atoms in total. The molecule has 0 unspecified atom stereocenters. The first-order valence-corrected chi connectivity index (χ1v) is 4.51. The lowest BCUT2D eigenvalue weighted by Gasteiger charge is -2.04. The third-order valence-electron chi connectivity index (χ3n) is 1.89. The van der Waals surface area contributed by atoms with Gasteiger partial charge in [-0.1, -0.05) is 0 Å². The number of nitrogen functional groups attached to an aromatic ring is 1. The van der Waals surface area contributed by atoms with Gasteiger partial charge in [0, 0.05) is 0 Å². The minimum Gasteiger partial charge on any atom is -0.478 e. The lowest BCUT2D eigenvalue weighted by molar-refractivity contribution is 0.394. The minimum atomic E-state index is 0.264. The average Bonchev–Trinajstić information content (AvgIpc) is 2.65. The smallest absolute Gasteiger partial charge is 0.257 e. The molecule has 0 spiro atoms. The zero-order chi connectivity index (χ0) is 10.8. The molecule has 0 aliphatic rings. The van der Waals surface area contributed by atoms with E-state index in [1.54, 1.807) is 12.1 Å². The van der Waals surface area contributed by atoms with E-state index in [2.05, 4.69) is 10.2 Å². The van der Waals surface area contributed by atoms with Gasteiger partial charge in [0.1, 0.15) is 11.4 Å². The van der Waals surface area contributed by atoms with Gasteiger partial charge in [-0.2, -0.15) is 5.10 Å². The fourth-order valence-electron chi connectivity index (χ4n) is 1.18. The van der Waals surface area contributed by atoms with Gasteiger partial charge in [-0.3, -0.25) is 0 Å². The Hall–Kier alpha value is -1.75. The molecule has 2 aromatic rings. The Bertz CT molecular complexity index is 484. The Morgan fingerprint density at radius 3 is 2.87 bits per heavy atom. The first-order valence-electron chi connectivity index (χ1n) is 4.13. The SMILES string of the molecule is COc1nncc(-c2ccc(Cl)o2)c1N. The van der Waals surface area contributed by atoms with Crippen molar-refractivity contribution in [3.05, 3.63) is 23.5 Å². The van der Waals surface area contributed by atoms with Crippen molar-refractivity contribution in [2.24, 2.45) is 0 Å². The van der Waals surface area contributed by atoms with Crippen LogP contribution in [0.4, 0.5) is 5.69 Å². The Morgan fingerprint density at radius 1 is 1.47 bits per heavy atom. The summed E-state index contributed by atoms with van der Waals surface area (Å²) in [4.78, 5) is 0. The molecule has 0 atom stereocenters. The van der Waals surface area contributed by atoms with Gasteiger partial charge in [-0.25, -0.2) is 0 Å². The summed E-state index contributed by atoms with van der Waals surface area (Å²) in [5, 5.41) is 7.75. The fourth-order valence-corrected chi connectivity index (χ4v) is 1.33. The van der Waals surface area contributed by atoms with E-state index in [9.17, 15) is 0 Å². The van der Waals surface area contributed by atoms with Gasteiger partial charge in [-0.05, 0) is 23.7 Å². The van der Waals surface area contributed by atoms with Crippen LogP contribution in [0.25, 0.3) is 11.3 Å². The van der Waals surface area contributed by atoms with Gasteiger partial charge in [0.05, 0.1) is 18.9 Å². The third-order valence-corrected chi connectivity index (χ3v) is 2.09. The first kappa shape index (κ1) is 9.79. The van der Waals surface area contributed by atoms with E-state index in [1.165, 1.54) is 13.3 Å². The second kappa shape index (κ2) is 3.78. The number of furan rings is 1. The molecular weight excluding hydrogens is 218 g/mol. The van der Waals surface area contributed by atoms with Crippen molar-refractivity contribution in [3.8, 4) is 17.2 Å². The van der Waals surface area contributed by atoms with Gasteiger partial charge in [-0.15, -0.1) is 5.10 Å². The van der Waals surface area contributed by atoms with Crippen LogP contribution >= 0.6 is 11.6 Å². The van der Waals surface area contributed by atoms with Crippen LogP contribution in [0.2, 0.25) is 5.22 Å². The number of nitrogens with zero attached hydrogens (tertiary/aromatic N) is 2. The van der Waals surface area contributed by atoms with Crippen molar-refractivity contribution in [1.82, 2.24) is 10.2 Å². The number of hydrogen-bond donors (Lipinski definition) is 1. The number of aromatic nitrogens is 2. The van der Waals surface area contributed by atoms with Gasteiger partial charge in [0.2, 0.25) is 0 Å². The summed E-state index contributed by atoms with van der Waals surface area (Å²) < 4.78 is 10.2. The zero-order valence-corrected chi connectivity index (χ0v) is 8.65. The standard InChI is InChI=1S/C9H8ClN3O2/c1-14-9-8(11)5(4-12-13-9)6-2-3-7(10)15-6/h2-4H,1H3,(H2,11,12). The molecule has 2 aromatic heterocycles. The molecule has 0 aromatic carbocycles. The normalized spacial score (nSPS) is 10.3.